The minimum absolute atomic E-state index is 0.340. The van der Waals surface area contributed by atoms with Crippen molar-refractivity contribution in [2.75, 3.05) is 13.2 Å². The summed E-state index contributed by atoms with van der Waals surface area (Å²) >= 11 is 0. The molecule has 1 fully saturated rings. The summed E-state index contributed by atoms with van der Waals surface area (Å²) in [6.07, 6.45) is 3.52. The van der Waals surface area contributed by atoms with Crippen LogP contribution in [0.5, 0.6) is 5.75 Å². The molecule has 0 bridgehead atoms. The van der Waals surface area contributed by atoms with Gasteiger partial charge < -0.3 is 15.2 Å². The van der Waals surface area contributed by atoms with Crippen molar-refractivity contribution in [1.82, 2.24) is 5.32 Å². The van der Waals surface area contributed by atoms with Gasteiger partial charge in [0.25, 0.3) is 0 Å². The van der Waals surface area contributed by atoms with E-state index in [1.54, 1.807) is 0 Å². The molecule has 0 radical (unpaired) electrons. The van der Waals surface area contributed by atoms with E-state index in [1.165, 1.54) is 24.8 Å². The topological polar surface area (TPSA) is 41.5 Å². The van der Waals surface area contributed by atoms with Gasteiger partial charge in [-0.05, 0) is 44.7 Å². The fraction of sp³-hybridized carbons (Fsp3) is 0.647. The van der Waals surface area contributed by atoms with Gasteiger partial charge in [0.05, 0.1) is 0 Å². The molecule has 1 aliphatic carbocycles. The smallest absolute Gasteiger partial charge is 0.122 e. The summed E-state index contributed by atoms with van der Waals surface area (Å²) in [7, 11) is 0. The zero-order chi connectivity index (χ0) is 14.5. The molecule has 2 rings (SSSR count). The van der Waals surface area contributed by atoms with Gasteiger partial charge in [-0.1, -0.05) is 30.5 Å². The number of aliphatic hydroxyl groups is 1. The van der Waals surface area contributed by atoms with Gasteiger partial charge in [0.1, 0.15) is 18.5 Å². The third kappa shape index (κ3) is 5.14. The molecule has 0 heterocycles. The zero-order valence-corrected chi connectivity index (χ0v) is 12.9. The number of nitrogens with one attached hydrogen (secondary N) is 1. The summed E-state index contributed by atoms with van der Waals surface area (Å²) in [5.41, 5.74) is 2.35. The molecule has 20 heavy (non-hydrogen) atoms. The average Bonchev–Trinajstić information content (AvgIpc) is 3.19. The number of benzene rings is 1. The summed E-state index contributed by atoms with van der Waals surface area (Å²) in [5, 5.41) is 13.4. The van der Waals surface area contributed by atoms with E-state index in [4.69, 9.17) is 4.74 Å². The highest BCUT2D eigenvalue weighted by Gasteiger charge is 2.23. The molecule has 1 saturated carbocycles. The van der Waals surface area contributed by atoms with E-state index >= 15 is 0 Å². The standard InChI is InChI=1S/C17H27NO2/c1-12-4-7-17(13(2)8-12)20-11-16(19)10-18-14(3)9-15-5-6-15/h4,7-8,14-16,18-19H,5-6,9-11H2,1-3H3/t14-,16+/m0/s1. The predicted molar refractivity (Wildman–Crippen MR) is 82.2 cm³/mol. The van der Waals surface area contributed by atoms with Crippen LogP contribution in [-0.4, -0.2) is 30.4 Å². The van der Waals surface area contributed by atoms with E-state index in [0.29, 0.717) is 19.2 Å². The maximum absolute atomic E-state index is 9.97. The number of hydrogen-bond acceptors (Lipinski definition) is 3. The maximum Gasteiger partial charge on any atom is 0.122 e. The molecule has 2 atom stereocenters. The van der Waals surface area contributed by atoms with E-state index in [1.807, 2.05) is 19.1 Å². The van der Waals surface area contributed by atoms with Crippen LogP contribution in [0.15, 0.2) is 18.2 Å². The van der Waals surface area contributed by atoms with Gasteiger partial charge in [0.15, 0.2) is 0 Å². The minimum Gasteiger partial charge on any atom is -0.491 e. The van der Waals surface area contributed by atoms with Crippen molar-refractivity contribution in [3.8, 4) is 5.75 Å². The lowest BCUT2D eigenvalue weighted by atomic mass is 10.1. The summed E-state index contributed by atoms with van der Waals surface area (Å²) in [6, 6.07) is 6.58. The van der Waals surface area contributed by atoms with Gasteiger partial charge in [-0.25, -0.2) is 0 Å². The fourth-order valence-electron chi connectivity index (χ4n) is 2.48. The van der Waals surface area contributed by atoms with Crippen molar-refractivity contribution in [3.05, 3.63) is 29.3 Å². The molecule has 112 valence electrons. The van der Waals surface area contributed by atoms with Crippen LogP contribution < -0.4 is 10.1 Å². The highest BCUT2D eigenvalue weighted by molar-refractivity contribution is 5.35. The molecule has 0 amide bonds. The first-order valence-electron chi connectivity index (χ1n) is 7.66. The Morgan fingerprint density at radius 2 is 2.10 bits per heavy atom. The average molecular weight is 277 g/mol. The van der Waals surface area contributed by atoms with Gasteiger partial charge >= 0.3 is 0 Å². The summed E-state index contributed by atoms with van der Waals surface area (Å²) in [6.45, 7) is 7.23. The molecule has 0 aliphatic heterocycles. The SMILES string of the molecule is Cc1ccc(OC[C@H](O)CN[C@@H](C)CC2CC2)c(C)c1. The van der Waals surface area contributed by atoms with Crippen LogP contribution in [-0.2, 0) is 0 Å². The van der Waals surface area contributed by atoms with Gasteiger partial charge in [-0.15, -0.1) is 0 Å². The van der Waals surface area contributed by atoms with Crippen LogP contribution >= 0.6 is 0 Å². The number of aliphatic hydroxyl groups excluding tert-OH is 1. The van der Waals surface area contributed by atoms with E-state index in [2.05, 4.69) is 25.2 Å². The Labute approximate surface area is 122 Å². The second-order valence-corrected chi connectivity index (χ2v) is 6.22. The van der Waals surface area contributed by atoms with Crippen molar-refractivity contribution in [1.29, 1.82) is 0 Å². The molecule has 1 aromatic rings. The molecule has 3 nitrogen and oxygen atoms in total. The van der Waals surface area contributed by atoms with Gasteiger partial charge in [-0.3, -0.25) is 0 Å². The first kappa shape index (κ1) is 15.3. The highest BCUT2D eigenvalue weighted by Crippen LogP contribution is 2.33. The molecule has 0 unspecified atom stereocenters. The molecule has 1 aliphatic rings. The van der Waals surface area contributed by atoms with Gasteiger partial charge in [-0.2, -0.15) is 0 Å². The Morgan fingerprint density at radius 3 is 2.75 bits per heavy atom. The maximum atomic E-state index is 9.97. The Balaban J connectivity index is 1.67. The van der Waals surface area contributed by atoms with E-state index in [-0.39, 0.29) is 0 Å². The van der Waals surface area contributed by atoms with Crippen LogP contribution in [0.4, 0.5) is 0 Å². The van der Waals surface area contributed by atoms with Crippen LogP contribution in [0.3, 0.4) is 0 Å². The van der Waals surface area contributed by atoms with Crippen molar-refractivity contribution < 1.29 is 9.84 Å². The quantitative estimate of drug-likeness (QED) is 0.768. The number of ether oxygens (including phenoxy) is 1. The lowest BCUT2D eigenvalue weighted by Crippen LogP contribution is -2.36. The lowest BCUT2D eigenvalue weighted by Gasteiger charge is -2.18. The Morgan fingerprint density at radius 1 is 1.35 bits per heavy atom. The normalized spacial score (nSPS) is 17.8. The molecule has 0 saturated heterocycles. The van der Waals surface area contributed by atoms with E-state index in [0.717, 1.165) is 17.2 Å². The number of rotatable bonds is 8. The highest BCUT2D eigenvalue weighted by atomic mass is 16.5. The molecule has 0 aromatic heterocycles. The number of aryl methyl sites for hydroxylation is 2. The summed E-state index contributed by atoms with van der Waals surface area (Å²) in [5.74, 6) is 1.78. The lowest BCUT2D eigenvalue weighted by molar-refractivity contribution is 0.103. The first-order valence-corrected chi connectivity index (χ1v) is 7.66. The van der Waals surface area contributed by atoms with Crippen LogP contribution in [0, 0.1) is 19.8 Å². The third-order valence-electron chi connectivity index (χ3n) is 3.85. The number of hydrogen-bond donors (Lipinski definition) is 2. The molecular weight excluding hydrogens is 250 g/mol. The second kappa shape index (κ2) is 7.09. The molecule has 2 N–H and O–H groups in total. The minimum atomic E-state index is -0.461. The van der Waals surface area contributed by atoms with Gasteiger partial charge in [0, 0.05) is 12.6 Å². The zero-order valence-electron chi connectivity index (χ0n) is 12.9. The second-order valence-electron chi connectivity index (χ2n) is 6.22. The summed E-state index contributed by atoms with van der Waals surface area (Å²) < 4.78 is 5.69. The van der Waals surface area contributed by atoms with Crippen LogP contribution in [0.25, 0.3) is 0 Å². The van der Waals surface area contributed by atoms with Crippen molar-refractivity contribution in [2.24, 2.45) is 5.92 Å². The monoisotopic (exact) mass is 277 g/mol. The third-order valence-corrected chi connectivity index (χ3v) is 3.85. The molecule has 3 heteroatoms. The Kier molecular flexibility index (Phi) is 5.44. The van der Waals surface area contributed by atoms with E-state index < -0.39 is 6.10 Å². The Hall–Kier alpha value is -1.06. The van der Waals surface area contributed by atoms with Crippen LogP contribution in [0.2, 0.25) is 0 Å². The van der Waals surface area contributed by atoms with E-state index in [9.17, 15) is 5.11 Å². The van der Waals surface area contributed by atoms with Crippen molar-refractivity contribution in [3.63, 3.8) is 0 Å². The van der Waals surface area contributed by atoms with Crippen molar-refractivity contribution >= 4 is 0 Å². The van der Waals surface area contributed by atoms with Gasteiger partial charge in [0.2, 0.25) is 0 Å². The van der Waals surface area contributed by atoms with Crippen molar-refractivity contribution in [2.45, 2.75) is 52.2 Å². The fourth-order valence-corrected chi connectivity index (χ4v) is 2.48. The molecule has 1 aromatic carbocycles. The largest absolute Gasteiger partial charge is 0.491 e. The predicted octanol–water partition coefficient (Wildman–Crippen LogP) is 2.82. The molecular formula is C17H27NO2. The summed E-state index contributed by atoms with van der Waals surface area (Å²) in [4.78, 5) is 0. The Bertz CT molecular complexity index is 429. The molecule has 0 spiro atoms. The van der Waals surface area contributed by atoms with Crippen LogP contribution in [0.1, 0.15) is 37.3 Å². The first-order chi connectivity index (χ1) is 9.54.